The molecule has 2 saturated heterocycles. The van der Waals surface area contributed by atoms with Crippen molar-refractivity contribution in [2.24, 2.45) is 23.5 Å². The van der Waals surface area contributed by atoms with E-state index >= 15 is 0 Å². The standard InChI is InChI=1S/C21H36N4O4/c1-23(11-12-28-2)9-10-25-14-21(29-20(25)27)5-7-24(8-6-21)19(26)17-15-3-4-16(13-15)18(17)22/h15-18H,3-14,22H2,1-2H3/t15-,16+,17-,18+/m0/s1. The second-order valence-electron chi connectivity index (χ2n) is 9.53. The van der Waals surface area contributed by atoms with Gasteiger partial charge in [-0.3, -0.25) is 4.79 Å². The Labute approximate surface area is 173 Å². The fraction of sp³-hybridized carbons (Fsp3) is 0.905. The molecule has 2 heterocycles. The maximum absolute atomic E-state index is 13.1. The first-order valence-electron chi connectivity index (χ1n) is 11.1. The Hall–Kier alpha value is -1.38. The van der Waals surface area contributed by atoms with Crippen LogP contribution in [-0.4, -0.2) is 98.4 Å². The second kappa shape index (κ2) is 8.40. The molecule has 8 heteroatoms. The highest BCUT2D eigenvalue weighted by Gasteiger charge is 2.52. The largest absolute Gasteiger partial charge is 0.441 e. The third kappa shape index (κ3) is 4.11. The van der Waals surface area contributed by atoms with Gasteiger partial charge >= 0.3 is 6.09 Å². The highest BCUT2D eigenvalue weighted by molar-refractivity contribution is 5.81. The number of likely N-dealkylation sites (N-methyl/N-ethyl adjacent to an activating group) is 1. The van der Waals surface area contributed by atoms with Crippen LogP contribution in [0.2, 0.25) is 0 Å². The Kier molecular flexibility index (Phi) is 6.04. The molecule has 0 aromatic carbocycles. The van der Waals surface area contributed by atoms with Crippen molar-refractivity contribution >= 4 is 12.0 Å². The summed E-state index contributed by atoms with van der Waals surface area (Å²) in [6, 6.07) is 0.0343. The molecule has 0 aromatic rings. The molecular weight excluding hydrogens is 372 g/mol. The molecule has 0 aromatic heterocycles. The van der Waals surface area contributed by atoms with Crippen molar-refractivity contribution in [1.29, 1.82) is 0 Å². The highest BCUT2D eigenvalue weighted by Crippen LogP contribution is 2.48. The second-order valence-corrected chi connectivity index (χ2v) is 9.53. The Morgan fingerprint density at radius 3 is 2.66 bits per heavy atom. The van der Waals surface area contributed by atoms with Crippen LogP contribution in [0.25, 0.3) is 0 Å². The summed E-state index contributed by atoms with van der Waals surface area (Å²) in [5.41, 5.74) is 5.94. The molecule has 2 aliphatic carbocycles. The summed E-state index contributed by atoms with van der Waals surface area (Å²) in [4.78, 5) is 31.4. The summed E-state index contributed by atoms with van der Waals surface area (Å²) in [5, 5.41) is 0. The van der Waals surface area contributed by atoms with Crippen molar-refractivity contribution in [2.45, 2.75) is 43.7 Å². The van der Waals surface area contributed by atoms with Crippen LogP contribution in [0.3, 0.4) is 0 Å². The van der Waals surface area contributed by atoms with Gasteiger partial charge in [0.1, 0.15) is 5.60 Å². The number of nitrogens with zero attached hydrogens (tertiary/aromatic N) is 3. The zero-order valence-electron chi connectivity index (χ0n) is 17.8. The molecule has 4 fully saturated rings. The Balaban J connectivity index is 1.27. The Morgan fingerprint density at radius 1 is 1.28 bits per heavy atom. The molecule has 2 N–H and O–H groups in total. The van der Waals surface area contributed by atoms with Crippen LogP contribution < -0.4 is 5.73 Å². The molecule has 164 valence electrons. The van der Waals surface area contributed by atoms with E-state index in [2.05, 4.69) is 4.90 Å². The fourth-order valence-electron chi connectivity index (χ4n) is 5.82. The van der Waals surface area contributed by atoms with Gasteiger partial charge in [0.25, 0.3) is 0 Å². The van der Waals surface area contributed by atoms with Crippen LogP contribution in [0, 0.1) is 17.8 Å². The van der Waals surface area contributed by atoms with Crippen LogP contribution in [0.4, 0.5) is 4.79 Å². The summed E-state index contributed by atoms with van der Waals surface area (Å²) in [5.74, 6) is 1.26. The van der Waals surface area contributed by atoms with Gasteiger partial charge in [-0.25, -0.2) is 4.79 Å². The predicted molar refractivity (Wildman–Crippen MR) is 108 cm³/mol. The fourth-order valence-corrected chi connectivity index (χ4v) is 5.82. The van der Waals surface area contributed by atoms with E-state index < -0.39 is 5.60 Å². The summed E-state index contributed by atoms with van der Waals surface area (Å²) >= 11 is 0. The van der Waals surface area contributed by atoms with Crippen molar-refractivity contribution in [2.75, 3.05) is 60.0 Å². The van der Waals surface area contributed by atoms with Crippen molar-refractivity contribution in [3.8, 4) is 0 Å². The third-order valence-corrected chi connectivity index (χ3v) is 7.72. The molecule has 2 amide bonds. The lowest BCUT2D eigenvalue weighted by Gasteiger charge is -2.40. The summed E-state index contributed by atoms with van der Waals surface area (Å²) in [6.45, 7) is 4.92. The summed E-state index contributed by atoms with van der Waals surface area (Å²) in [7, 11) is 3.72. The molecule has 4 aliphatic rings. The Morgan fingerprint density at radius 2 is 2.00 bits per heavy atom. The van der Waals surface area contributed by atoms with Gasteiger partial charge in [-0.15, -0.1) is 0 Å². The van der Waals surface area contributed by atoms with E-state index in [1.54, 1.807) is 7.11 Å². The smallest absolute Gasteiger partial charge is 0.410 e. The average Bonchev–Trinajstić information content (AvgIpc) is 3.38. The molecule has 0 radical (unpaired) electrons. The topological polar surface area (TPSA) is 88.3 Å². The normalized spacial score (nSPS) is 33.2. The maximum Gasteiger partial charge on any atom is 0.410 e. The van der Waals surface area contributed by atoms with E-state index in [4.69, 9.17) is 15.2 Å². The molecule has 0 unspecified atom stereocenters. The molecule has 8 nitrogen and oxygen atoms in total. The number of hydrogen-bond donors (Lipinski definition) is 1. The van der Waals surface area contributed by atoms with E-state index in [9.17, 15) is 9.59 Å². The number of hydrogen-bond acceptors (Lipinski definition) is 6. The highest BCUT2D eigenvalue weighted by atomic mass is 16.6. The third-order valence-electron chi connectivity index (χ3n) is 7.72. The average molecular weight is 409 g/mol. The summed E-state index contributed by atoms with van der Waals surface area (Å²) in [6.07, 6.45) is 4.68. The van der Waals surface area contributed by atoms with E-state index in [1.807, 2.05) is 16.8 Å². The number of carbonyl (C=O) groups excluding carboxylic acids is 2. The minimum atomic E-state index is -0.435. The predicted octanol–water partition coefficient (Wildman–Crippen LogP) is 0.751. The lowest BCUT2D eigenvalue weighted by molar-refractivity contribution is -0.141. The number of ether oxygens (including phenoxy) is 2. The van der Waals surface area contributed by atoms with Crippen LogP contribution in [0.5, 0.6) is 0 Å². The van der Waals surface area contributed by atoms with Crippen LogP contribution in [0.1, 0.15) is 32.1 Å². The number of rotatable bonds is 7. The van der Waals surface area contributed by atoms with E-state index in [1.165, 1.54) is 6.42 Å². The Bertz CT molecular complexity index is 620. The van der Waals surface area contributed by atoms with Crippen LogP contribution in [-0.2, 0) is 14.3 Å². The van der Waals surface area contributed by atoms with E-state index in [0.29, 0.717) is 44.6 Å². The van der Waals surface area contributed by atoms with Gasteiger partial charge in [0.15, 0.2) is 0 Å². The number of methoxy groups -OCH3 is 1. The number of carbonyl (C=O) groups is 2. The zero-order valence-corrected chi connectivity index (χ0v) is 17.8. The van der Waals surface area contributed by atoms with Gasteiger partial charge in [-0.2, -0.15) is 0 Å². The number of fused-ring (bicyclic) bond motifs is 2. The van der Waals surface area contributed by atoms with Gasteiger partial charge in [0.05, 0.1) is 19.1 Å². The lowest BCUT2D eigenvalue weighted by Crippen LogP contribution is -2.53. The lowest BCUT2D eigenvalue weighted by atomic mass is 9.83. The monoisotopic (exact) mass is 408 g/mol. The molecule has 29 heavy (non-hydrogen) atoms. The van der Waals surface area contributed by atoms with Crippen molar-refractivity contribution in [3.05, 3.63) is 0 Å². The number of likely N-dealkylation sites (tertiary alicyclic amines) is 1. The van der Waals surface area contributed by atoms with Gasteiger partial charge in [-0.05, 0) is 38.1 Å². The van der Waals surface area contributed by atoms with Crippen LogP contribution >= 0.6 is 0 Å². The SMILES string of the molecule is COCCN(C)CCN1CC2(CCN(C(=O)[C@H]3[C@H]4CC[C@H](C4)[C@H]3N)CC2)OC1=O. The quantitative estimate of drug-likeness (QED) is 0.669. The molecule has 2 bridgehead atoms. The first kappa shape index (κ1) is 20.9. The van der Waals surface area contributed by atoms with Gasteiger partial charge < -0.3 is 29.9 Å². The molecule has 2 saturated carbocycles. The minimum Gasteiger partial charge on any atom is -0.441 e. The van der Waals surface area contributed by atoms with Crippen molar-refractivity contribution in [1.82, 2.24) is 14.7 Å². The van der Waals surface area contributed by atoms with Crippen LogP contribution in [0.15, 0.2) is 0 Å². The molecule has 1 spiro atoms. The van der Waals surface area contributed by atoms with Gasteiger partial charge in [0.2, 0.25) is 5.91 Å². The van der Waals surface area contributed by atoms with Crippen molar-refractivity contribution in [3.63, 3.8) is 0 Å². The molecule has 4 atom stereocenters. The zero-order chi connectivity index (χ0) is 20.6. The molecule has 4 rings (SSSR count). The minimum absolute atomic E-state index is 0.00747. The first-order chi connectivity index (χ1) is 13.9. The first-order valence-corrected chi connectivity index (χ1v) is 11.1. The van der Waals surface area contributed by atoms with Crippen molar-refractivity contribution < 1.29 is 19.1 Å². The molecular formula is C21H36N4O4. The van der Waals surface area contributed by atoms with E-state index in [0.717, 1.165) is 38.8 Å². The maximum atomic E-state index is 13.1. The molecule has 2 aliphatic heterocycles. The van der Waals surface area contributed by atoms with Gasteiger partial charge in [-0.1, -0.05) is 0 Å². The number of nitrogens with two attached hydrogens (primary N) is 1. The number of amides is 2. The summed E-state index contributed by atoms with van der Waals surface area (Å²) < 4.78 is 10.9. The van der Waals surface area contributed by atoms with Gasteiger partial charge in [0, 0.05) is 58.7 Å². The number of piperidine rings is 1. The van der Waals surface area contributed by atoms with E-state index in [-0.39, 0.29) is 24.0 Å².